The van der Waals surface area contributed by atoms with Crippen molar-refractivity contribution in [1.82, 2.24) is 0 Å². The fourth-order valence-corrected chi connectivity index (χ4v) is 4.18. The molecular formula is C26H26F3NO4. The Hall–Kier alpha value is -3.55. The maximum atomic E-state index is 13.2. The molecular weight excluding hydrogens is 447 g/mol. The van der Waals surface area contributed by atoms with Crippen LogP contribution in [-0.2, 0) is 15.0 Å². The number of fused-ring (bicyclic) bond motifs is 1. The standard InChI is InChI=1S/C26H26F3NO4/c1-5-30-21-14-18(16(2)12-20(21)25(3,4)15-23(30)31)19-13-17(8-6-7-9-24(32)33)10-11-22(19)34-26(27,28)29/h6-14H,5,15H2,1-4H3,(H,32,33)/b8-6+,9-7+. The monoisotopic (exact) mass is 473 g/mol. The molecule has 1 amide bonds. The number of aryl methyl sites for hydroxylation is 1. The zero-order chi connectivity index (χ0) is 25.3. The largest absolute Gasteiger partial charge is 0.573 e. The maximum absolute atomic E-state index is 13.2. The van der Waals surface area contributed by atoms with E-state index in [4.69, 9.17) is 5.11 Å². The van der Waals surface area contributed by atoms with Crippen LogP contribution in [0.5, 0.6) is 5.75 Å². The third-order valence-corrected chi connectivity index (χ3v) is 5.73. The fraction of sp³-hybridized carbons (Fsp3) is 0.308. The highest BCUT2D eigenvalue weighted by Crippen LogP contribution is 2.45. The first-order valence-corrected chi connectivity index (χ1v) is 10.8. The minimum absolute atomic E-state index is 0.0385. The number of nitrogens with zero attached hydrogens (tertiary/aromatic N) is 1. The van der Waals surface area contributed by atoms with Gasteiger partial charge in [-0.2, -0.15) is 0 Å². The Morgan fingerprint density at radius 2 is 1.88 bits per heavy atom. The van der Waals surface area contributed by atoms with Crippen molar-refractivity contribution in [1.29, 1.82) is 0 Å². The summed E-state index contributed by atoms with van der Waals surface area (Å²) in [6.07, 6.45) is 0.796. The molecule has 0 atom stereocenters. The summed E-state index contributed by atoms with van der Waals surface area (Å²) in [4.78, 5) is 25.0. The summed E-state index contributed by atoms with van der Waals surface area (Å²) in [7, 11) is 0. The third kappa shape index (κ3) is 5.50. The number of amides is 1. The first-order chi connectivity index (χ1) is 15.8. The number of carboxylic acid groups (broad SMARTS) is 1. The number of carboxylic acids is 1. The van der Waals surface area contributed by atoms with Crippen LogP contribution in [0.3, 0.4) is 0 Å². The quantitative estimate of drug-likeness (QED) is 0.398. The molecule has 0 fully saturated rings. The number of aliphatic carboxylic acids is 1. The Morgan fingerprint density at radius 1 is 1.18 bits per heavy atom. The predicted octanol–water partition coefficient (Wildman–Crippen LogP) is 6.25. The zero-order valence-electron chi connectivity index (χ0n) is 19.4. The molecule has 0 saturated carbocycles. The number of ether oxygens (including phenoxy) is 1. The summed E-state index contributed by atoms with van der Waals surface area (Å²) in [6, 6.07) is 7.91. The molecule has 0 radical (unpaired) electrons. The molecule has 5 nitrogen and oxygen atoms in total. The Kier molecular flexibility index (Phi) is 6.91. The van der Waals surface area contributed by atoms with Crippen LogP contribution >= 0.6 is 0 Å². The van der Waals surface area contributed by atoms with Crippen molar-refractivity contribution in [3.05, 3.63) is 65.3 Å². The number of hydrogen-bond acceptors (Lipinski definition) is 3. The van der Waals surface area contributed by atoms with E-state index in [-0.39, 0.29) is 17.2 Å². The minimum atomic E-state index is -4.88. The van der Waals surface area contributed by atoms with Gasteiger partial charge in [-0.1, -0.05) is 44.2 Å². The van der Waals surface area contributed by atoms with Gasteiger partial charge < -0.3 is 14.7 Å². The van der Waals surface area contributed by atoms with E-state index in [1.54, 1.807) is 23.1 Å². The zero-order valence-corrected chi connectivity index (χ0v) is 19.4. The molecule has 180 valence electrons. The molecule has 3 rings (SSSR count). The van der Waals surface area contributed by atoms with Gasteiger partial charge in [-0.3, -0.25) is 4.79 Å². The molecule has 1 aliphatic heterocycles. The van der Waals surface area contributed by atoms with Crippen molar-refractivity contribution < 1.29 is 32.6 Å². The molecule has 2 aromatic rings. The number of anilines is 1. The van der Waals surface area contributed by atoms with E-state index in [0.717, 1.165) is 17.2 Å². The van der Waals surface area contributed by atoms with Crippen LogP contribution in [0.4, 0.5) is 18.9 Å². The molecule has 1 heterocycles. The summed E-state index contributed by atoms with van der Waals surface area (Å²) in [5.74, 6) is -1.51. The first-order valence-electron chi connectivity index (χ1n) is 10.8. The predicted molar refractivity (Wildman–Crippen MR) is 125 cm³/mol. The molecule has 0 aromatic heterocycles. The van der Waals surface area contributed by atoms with Gasteiger partial charge in [0.2, 0.25) is 5.91 Å². The smallest absolute Gasteiger partial charge is 0.478 e. The lowest BCUT2D eigenvalue weighted by Crippen LogP contribution is -2.41. The summed E-state index contributed by atoms with van der Waals surface area (Å²) in [5.41, 5.74) is 3.26. The maximum Gasteiger partial charge on any atom is 0.573 e. The number of allylic oxidation sites excluding steroid dienone is 2. The molecule has 0 bridgehead atoms. The lowest BCUT2D eigenvalue weighted by atomic mass is 9.75. The van der Waals surface area contributed by atoms with Gasteiger partial charge in [-0.05, 0) is 54.3 Å². The fourth-order valence-electron chi connectivity index (χ4n) is 4.18. The first kappa shape index (κ1) is 25.1. The summed E-state index contributed by atoms with van der Waals surface area (Å²) < 4.78 is 43.8. The van der Waals surface area contributed by atoms with Gasteiger partial charge in [0.15, 0.2) is 0 Å². The van der Waals surface area contributed by atoms with Gasteiger partial charge in [0.25, 0.3) is 0 Å². The molecule has 2 aromatic carbocycles. The number of hydrogen-bond donors (Lipinski definition) is 1. The average molecular weight is 473 g/mol. The minimum Gasteiger partial charge on any atom is -0.478 e. The van der Waals surface area contributed by atoms with Gasteiger partial charge in [0.05, 0.1) is 0 Å². The second-order valence-corrected chi connectivity index (χ2v) is 8.74. The Bertz CT molecular complexity index is 1180. The van der Waals surface area contributed by atoms with E-state index in [9.17, 15) is 22.8 Å². The molecule has 0 unspecified atom stereocenters. The molecule has 0 saturated heterocycles. The van der Waals surface area contributed by atoms with Gasteiger partial charge in [0, 0.05) is 35.7 Å². The van der Waals surface area contributed by atoms with Crippen LogP contribution in [0.1, 0.15) is 43.9 Å². The topological polar surface area (TPSA) is 66.8 Å². The summed E-state index contributed by atoms with van der Waals surface area (Å²) in [5, 5.41) is 8.70. The van der Waals surface area contributed by atoms with Crippen molar-refractivity contribution in [2.75, 3.05) is 11.4 Å². The van der Waals surface area contributed by atoms with Crippen LogP contribution in [-0.4, -0.2) is 29.9 Å². The van der Waals surface area contributed by atoms with Crippen LogP contribution in [0.2, 0.25) is 0 Å². The number of carbonyl (C=O) groups is 2. The van der Waals surface area contributed by atoms with E-state index in [2.05, 4.69) is 4.74 Å². The Balaban J connectivity index is 2.20. The second kappa shape index (κ2) is 9.37. The normalized spacial score (nSPS) is 15.7. The molecule has 1 aliphatic rings. The number of alkyl halides is 3. The van der Waals surface area contributed by atoms with Gasteiger partial charge >= 0.3 is 12.3 Å². The van der Waals surface area contributed by atoms with E-state index in [1.165, 1.54) is 24.3 Å². The molecule has 1 N–H and O–H groups in total. The van der Waals surface area contributed by atoms with Crippen LogP contribution in [0, 0.1) is 6.92 Å². The Labute approximate surface area is 196 Å². The summed E-state index contributed by atoms with van der Waals surface area (Å²) >= 11 is 0. The number of rotatable bonds is 6. The number of carbonyl (C=O) groups excluding carboxylic acids is 1. The number of halogens is 3. The van der Waals surface area contributed by atoms with Crippen molar-refractivity contribution >= 4 is 23.6 Å². The van der Waals surface area contributed by atoms with Crippen molar-refractivity contribution in [2.45, 2.75) is 45.9 Å². The van der Waals surface area contributed by atoms with Crippen LogP contribution in [0.15, 0.2) is 48.6 Å². The van der Waals surface area contributed by atoms with Crippen molar-refractivity contribution in [2.24, 2.45) is 0 Å². The highest BCUT2D eigenvalue weighted by Gasteiger charge is 2.37. The van der Waals surface area contributed by atoms with E-state index < -0.39 is 17.7 Å². The van der Waals surface area contributed by atoms with Gasteiger partial charge in [-0.25, -0.2) is 4.79 Å². The van der Waals surface area contributed by atoms with E-state index in [1.807, 2.05) is 33.8 Å². The van der Waals surface area contributed by atoms with E-state index >= 15 is 0 Å². The average Bonchev–Trinajstić information content (AvgIpc) is 2.71. The molecule has 34 heavy (non-hydrogen) atoms. The SMILES string of the molecule is CCN1C(=O)CC(C)(C)c2cc(C)c(-c3cc(/C=C/C=C/C(=O)O)ccc3OC(F)(F)F)cc21. The highest BCUT2D eigenvalue weighted by molar-refractivity contribution is 5.99. The van der Waals surface area contributed by atoms with Gasteiger partial charge in [0.1, 0.15) is 5.75 Å². The van der Waals surface area contributed by atoms with Crippen LogP contribution in [0.25, 0.3) is 17.2 Å². The third-order valence-electron chi connectivity index (χ3n) is 5.73. The van der Waals surface area contributed by atoms with Gasteiger partial charge in [-0.15, -0.1) is 13.2 Å². The summed E-state index contributed by atoms with van der Waals surface area (Å²) in [6.45, 7) is 8.06. The second-order valence-electron chi connectivity index (χ2n) is 8.74. The van der Waals surface area contributed by atoms with Crippen molar-refractivity contribution in [3.63, 3.8) is 0 Å². The van der Waals surface area contributed by atoms with E-state index in [0.29, 0.717) is 29.8 Å². The molecule has 0 spiro atoms. The highest BCUT2D eigenvalue weighted by atomic mass is 19.4. The van der Waals surface area contributed by atoms with Crippen LogP contribution < -0.4 is 9.64 Å². The lowest BCUT2D eigenvalue weighted by molar-refractivity contribution is -0.274. The lowest BCUT2D eigenvalue weighted by Gasteiger charge is -2.39. The number of benzene rings is 2. The molecule has 8 heteroatoms. The molecule has 0 aliphatic carbocycles. The Morgan fingerprint density at radius 3 is 2.50 bits per heavy atom. The van der Waals surface area contributed by atoms with Crippen molar-refractivity contribution in [3.8, 4) is 16.9 Å².